The highest BCUT2D eigenvalue weighted by molar-refractivity contribution is 6.10. The Labute approximate surface area is 636 Å². The number of nitrogens with zero attached hydrogens (tertiary/aromatic N) is 2. The summed E-state index contributed by atoms with van der Waals surface area (Å²) in [5.74, 6) is 1.81. The first-order valence-electron chi connectivity index (χ1n) is 38.6. The molecule has 4 nitrogen and oxygen atoms in total. The number of rotatable bonds is 28. The second kappa shape index (κ2) is 30.9. The summed E-state index contributed by atoms with van der Waals surface area (Å²) in [6.45, 7) is 9.22. The first kappa shape index (κ1) is 68.6. The summed E-state index contributed by atoms with van der Waals surface area (Å²) in [7, 11) is 0. The summed E-state index contributed by atoms with van der Waals surface area (Å²) in [6, 6.07) is 131. The van der Waals surface area contributed by atoms with Crippen LogP contribution in [0.4, 0.5) is 34.1 Å². The maximum Gasteiger partial charge on any atom is 0.119 e. The normalized spacial score (nSPS) is 14.5. The summed E-state index contributed by atoms with van der Waals surface area (Å²) in [5, 5.41) is 4.76. The van der Waals surface area contributed by atoms with Gasteiger partial charge in [0.15, 0.2) is 0 Å². The van der Waals surface area contributed by atoms with E-state index in [2.05, 4.69) is 351 Å². The SMILES string of the molecule is C=Cc1ccc(OCCCCCCC2(c3ccccc3)c3ccccc3-c3ccc(N(c4ccc(-c5ccccc5)cc4)c4ccc5c(ccc6cc(N(c7ccc(-c8ccccc8)cc7)c7ccc8c(c7)C(CCCCCCOc7ccc(C=C)cc7)(c7ccccc7)c7ccccc7-8)ccc65)c4)cc32)cc1. The molecule has 0 N–H and O–H groups in total. The minimum Gasteiger partial charge on any atom is -0.494 e. The number of ether oxygens (including phenoxy) is 2. The molecule has 0 radical (unpaired) electrons. The van der Waals surface area contributed by atoms with Crippen LogP contribution in [-0.2, 0) is 10.8 Å². The third kappa shape index (κ3) is 13.4. The minimum absolute atomic E-state index is 0.367. The number of benzene rings is 15. The molecule has 2 unspecified atom stereocenters. The average Bonchev–Trinajstić information content (AvgIpc) is 1.54. The fourth-order valence-electron chi connectivity index (χ4n) is 17.4. The molecule has 0 amide bonds. The predicted octanol–water partition coefficient (Wildman–Crippen LogP) is 28.2. The number of fused-ring (bicyclic) bond motifs is 9. The van der Waals surface area contributed by atoms with E-state index in [0.29, 0.717) is 13.2 Å². The maximum absolute atomic E-state index is 6.22. The van der Waals surface area contributed by atoms with Crippen LogP contribution in [0.15, 0.2) is 365 Å². The van der Waals surface area contributed by atoms with E-state index in [0.717, 1.165) is 121 Å². The smallest absolute Gasteiger partial charge is 0.119 e. The van der Waals surface area contributed by atoms with Gasteiger partial charge < -0.3 is 19.3 Å². The lowest BCUT2D eigenvalue weighted by molar-refractivity contribution is 0.303. The van der Waals surface area contributed by atoms with Gasteiger partial charge in [-0.3, -0.25) is 0 Å². The molecular weight excluding hydrogens is 1310 g/mol. The molecule has 15 aromatic carbocycles. The molecule has 2 aliphatic rings. The van der Waals surface area contributed by atoms with E-state index in [9.17, 15) is 0 Å². The van der Waals surface area contributed by atoms with E-state index in [-0.39, 0.29) is 10.8 Å². The van der Waals surface area contributed by atoms with Gasteiger partial charge in [0.25, 0.3) is 0 Å². The topological polar surface area (TPSA) is 24.9 Å². The van der Waals surface area contributed by atoms with Crippen LogP contribution in [0.3, 0.4) is 0 Å². The highest BCUT2D eigenvalue weighted by atomic mass is 16.5. The number of unbranched alkanes of at least 4 members (excludes halogenated alkanes) is 6. The molecular formula is C104H88N2O2. The van der Waals surface area contributed by atoms with Gasteiger partial charge in [-0.1, -0.05) is 319 Å². The monoisotopic (exact) mass is 1400 g/mol. The van der Waals surface area contributed by atoms with Crippen molar-refractivity contribution >= 4 is 67.8 Å². The molecule has 0 aliphatic heterocycles. The van der Waals surface area contributed by atoms with E-state index in [1.54, 1.807) is 0 Å². The second-order valence-corrected chi connectivity index (χ2v) is 29.0. The highest BCUT2D eigenvalue weighted by Crippen LogP contribution is 2.59. The Hall–Kier alpha value is -12.5. The third-order valence-electron chi connectivity index (χ3n) is 22.8. The standard InChI is InChI=1S/C104H88N2O2/c1-3-75-41-59-91(60-42-75)107-69-27-7-5-25-67-103(83-33-17-11-18-34-83)99-39-23-21-37-95(99)97-65-57-89(73-101(97)103)105(85-51-47-79(48-52-85)77-29-13-9-14-30-77)87-55-63-93-81(71-87)45-46-82-72-88(56-64-94(82)93)106(86-53-49-80(50-54-86)78-31-15-10-16-32-78)90-58-66-98-96-38-22-24-40-100(96)104(102(98)74-90,84-35-19-12-20-36-84)68-26-6-8-28-70-108-92-61-43-76(4-2)44-62-92/h3-4,9-24,29-66,71-74H,1-2,5-8,25-28,67-70H2. The Morgan fingerprint density at radius 3 is 0.981 bits per heavy atom. The zero-order chi connectivity index (χ0) is 72.6. The lowest BCUT2D eigenvalue weighted by atomic mass is 9.69. The molecule has 17 rings (SSSR count). The van der Waals surface area contributed by atoms with E-state index in [1.165, 1.54) is 99.4 Å². The average molecular weight is 1400 g/mol. The van der Waals surface area contributed by atoms with Crippen LogP contribution in [0.1, 0.15) is 109 Å². The van der Waals surface area contributed by atoms with E-state index < -0.39 is 0 Å². The van der Waals surface area contributed by atoms with Crippen molar-refractivity contribution in [1.29, 1.82) is 0 Å². The van der Waals surface area contributed by atoms with E-state index in [4.69, 9.17) is 9.47 Å². The van der Waals surface area contributed by atoms with Crippen LogP contribution in [0.2, 0.25) is 0 Å². The molecule has 0 aromatic heterocycles. The van der Waals surface area contributed by atoms with Crippen molar-refractivity contribution in [2.45, 2.75) is 75.0 Å². The van der Waals surface area contributed by atoms with Crippen LogP contribution in [0.25, 0.3) is 78.2 Å². The summed E-state index contributed by atoms with van der Waals surface area (Å²) >= 11 is 0. The molecule has 108 heavy (non-hydrogen) atoms. The van der Waals surface area contributed by atoms with Gasteiger partial charge in [-0.15, -0.1) is 0 Å². The Morgan fingerprint density at radius 1 is 0.259 bits per heavy atom. The fraction of sp³-hybridized carbons (Fsp3) is 0.135. The van der Waals surface area contributed by atoms with Crippen LogP contribution in [0, 0.1) is 0 Å². The van der Waals surface area contributed by atoms with E-state index in [1.807, 2.05) is 36.4 Å². The van der Waals surface area contributed by atoms with Gasteiger partial charge in [-0.2, -0.15) is 0 Å². The predicted molar refractivity (Wildman–Crippen MR) is 455 cm³/mol. The second-order valence-electron chi connectivity index (χ2n) is 29.0. The van der Waals surface area contributed by atoms with Gasteiger partial charge in [0, 0.05) is 45.0 Å². The zero-order valence-electron chi connectivity index (χ0n) is 61.3. The maximum atomic E-state index is 6.22. The van der Waals surface area contributed by atoms with E-state index >= 15 is 0 Å². The summed E-state index contributed by atoms with van der Waals surface area (Å²) in [4.78, 5) is 4.97. The summed E-state index contributed by atoms with van der Waals surface area (Å²) in [5.41, 5.74) is 26.2. The number of hydrogen-bond acceptors (Lipinski definition) is 4. The van der Waals surface area contributed by atoms with Crippen molar-refractivity contribution in [3.63, 3.8) is 0 Å². The zero-order valence-corrected chi connectivity index (χ0v) is 61.3. The third-order valence-corrected chi connectivity index (χ3v) is 22.8. The molecule has 15 aromatic rings. The molecule has 0 saturated carbocycles. The summed E-state index contributed by atoms with van der Waals surface area (Å²) in [6.07, 6.45) is 14.2. The van der Waals surface area contributed by atoms with Gasteiger partial charge in [0.2, 0.25) is 0 Å². The Kier molecular flexibility index (Phi) is 19.6. The molecule has 0 heterocycles. The van der Waals surface area contributed by atoms with Crippen LogP contribution >= 0.6 is 0 Å². The van der Waals surface area contributed by atoms with Crippen molar-refractivity contribution in [2.75, 3.05) is 23.0 Å². The number of anilines is 6. The molecule has 2 aliphatic carbocycles. The van der Waals surface area contributed by atoms with Gasteiger partial charge in [-0.05, 0) is 233 Å². The van der Waals surface area contributed by atoms with Crippen molar-refractivity contribution < 1.29 is 9.47 Å². The van der Waals surface area contributed by atoms with Crippen molar-refractivity contribution in [2.24, 2.45) is 0 Å². The van der Waals surface area contributed by atoms with Crippen molar-refractivity contribution in [1.82, 2.24) is 0 Å². The Bertz CT molecular complexity index is 5310. The molecule has 0 fully saturated rings. The summed E-state index contributed by atoms with van der Waals surface area (Å²) < 4.78 is 12.4. The molecule has 0 saturated heterocycles. The van der Waals surface area contributed by atoms with Gasteiger partial charge in [0.1, 0.15) is 11.5 Å². The van der Waals surface area contributed by atoms with Crippen LogP contribution < -0.4 is 19.3 Å². The van der Waals surface area contributed by atoms with Crippen molar-refractivity contribution in [3.8, 4) is 56.0 Å². The van der Waals surface area contributed by atoms with Crippen LogP contribution in [-0.4, -0.2) is 13.2 Å². The molecule has 526 valence electrons. The van der Waals surface area contributed by atoms with Crippen LogP contribution in [0.5, 0.6) is 11.5 Å². The number of hydrogen-bond donors (Lipinski definition) is 0. The molecule has 0 bridgehead atoms. The molecule has 4 heteroatoms. The largest absolute Gasteiger partial charge is 0.494 e. The van der Waals surface area contributed by atoms with Crippen molar-refractivity contribution in [3.05, 3.63) is 410 Å². The first-order chi connectivity index (χ1) is 53.4. The van der Waals surface area contributed by atoms with Gasteiger partial charge in [-0.25, -0.2) is 0 Å². The Balaban J connectivity index is 0.724. The van der Waals surface area contributed by atoms with Gasteiger partial charge in [0.05, 0.1) is 13.2 Å². The minimum atomic E-state index is -0.367. The lowest BCUT2D eigenvalue weighted by Crippen LogP contribution is -2.27. The quantitative estimate of drug-likeness (QED) is 0.0360. The molecule has 2 atom stereocenters. The first-order valence-corrected chi connectivity index (χ1v) is 38.6. The lowest BCUT2D eigenvalue weighted by Gasteiger charge is -2.34. The fourth-order valence-corrected chi connectivity index (χ4v) is 17.4. The molecule has 0 spiro atoms. The Morgan fingerprint density at radius 2 is 0.583 bits per heavy atom. The highest BCUT2D eigenvalue weighted by Gasteiger charge is 2.46. The van der Waals surface area contributed by atoms with Gasteiger partial charge >= 0.3 is 0 Å².